The Labute approximate surface area is 112 Å². The minimum Gasteiger partial charge on any atom is -0.479 e. The monoisotopic (exact) mass is 274 g/mol. The van der Waals surface area contributed by atoms with Crippen LogP contribution in [0.1, 0.15) is 32.1 Å². The van der Waals surface area contributed by atoms with Gasteiger partial charge in [0.25, 0.3) is 0 Å². The van der Waals surface area contributed by atoms with E-state index in [1.165, 1.54) is 19.3 Å². The van der Waals surface area contributed by atoms with Crippen molar-refractivity contribution in [1.82, 2.24) is 10.6 Å². The Hall–Kier alpha value is -1.34. The molecule has 0 saturated heterocycles. The zero-order valence-electron chi connectivity index (χ0n) is 10.9. The molecular formula is C12H22N2O5. The summed E-state index contributed by atoms with van der Waals surface area (Å²) in [6, 6.07) is -0.507. The van der Waals surface area contributed by atoms with Crippen LogP contribution in [0.4, 0.5) is 4.79 Å². The highest BCUT2D eigenvalue weighted by molar-refractivity contribution is 5.76. The van der Waals surface area contributed by atoms with E-state index in [0.29, 0.717) is 19.3 Å². The lowest BCUT2D eigenvalue weighted by molar-refractivity contribution is -0.146. The molecule has 1 unspecified atom stereocenters. The van der Waals surface area contributed by atoms with E-state index < -0.39 is 18.1 Å². The Morgan fingerprint density at radius 2 is 1.89 bits per heavy atom. The van der Waals surface area contributed by atoms with Gasteiger partial charge in [0.05, 0.1) is 19.3 Å². The van der Waals surface area contributed by atoms with Gasteiger partial charge in [-0.15, -0.1) is 0 Å². The molecule has 1 rings (SSSR count). The standard InChI is InChI=1S/C12H22N2O5/c15-10(11(16)17)8-14-12(18)13-6-7-19-9-4-2-1-3-5-9/h9-10,15H,1-8H2,(H,16,17)(H2,13,14,18). The molecule has 1 aliphatic rings. The Kier molecular flexibility index (Phi) is 7.20. The summed E-state index contributed by atoms with van der Waals surface area (Å²) < 4.78 is 5.61. The first-order valence-electron chi connectivity index (χ1n) is 6.63. The van der Waals surface area contributed by atoms with Crippen molar-refractivity contribution < 1.29 is 24.5 Å². The number of aliphatic hydroxyl groups is 1. The van der Waals surface area contributed by atoms with Crippen molar-refractivity contribution in [2.45, 2.75) is 44.3 Å². The Morgan fingerprint density at radius 1 is 1.21 bits per heavy atom. The average molecular weight is 274 g/mol. The van der Waals surface area contributed by atoms with Gasteiger partial charge in [-0.05, 0) is 12.8 Å². The van der Waals surface area contributed by atoms with E-state index in [1.807, 2.05) is 0 Å². The number of carboxylic acids is 1. The summed E-state index contributed by atoms with van der Waals surface area (Å²) in [7, 11) is 0. The molecule has 1 aliphatic carbocycles. The molecule has 7 nitrogen and oxygen atoms in total. The lowest BCUT2D eigenvalue weighted by Gasteiger charge is -2.22. The lowest BCUT2D eigenvalue weighted by atomic mass is 9.98. The molecule has 0 spiro atoms. The summed E-state index contributed by atoms with van der Waals surface area (Å²) in [5.41, 5.74) is 0. The van der Waals surface area contributed by atoms with Crippen molar-refractivity contribution in [1.29, 1.82) is 0 Å². The maximum Gasteiger partial charge on any atom is 0.334 e. The van der Waals surface area contributed by atoms with Gasteiger partial charge in [0, 0.05) is 6.54 Å². The molecule has 4 N–H and O–H groups in total. The predicted octanol–water partition coefficient (Wildman–Crippen LogP) is 0.0804. The molecule has 0 aromatic heterocycles. The fraction of sp³-hybridized carbons (Fsp3) is 0.833. The molecule has 110 valence electrons. The fourth-order valence-electron chi connectivity index (χ4n) is 1.96. The molecule has 0 aliphatic heterocycles. The molecule has 0 aromatic rings. The number of hydrogen-bond acceptors (Lipinski definition) is 4. The van der Waals surface area contributed by atoms with Crippen molar-refractivity contribution in [3.8, 4) is 0 Å². The number of rotatable bonds is 7. The number of hydrogen-bond donors (Lipinski definition) is 4. The van der Waals surface area contributed by atoms with E-state index in [0.717, 1.165) is 12.8 Å². The van der Waals surface area contributed by atoms with Crippen LogP contribution in [0.15, 0.2) is 0 Å². The van der Waals surface area contributed by atoms with Gasteiger partial charge in [0.1, 0.15) is 0 Å². The topological polar surface area (TPSA) is 108 Å². The number of amides is 2. The molecule has 0 aromatic carbocycles. The van der Waals surface area contributed by atoms with Gasteiger partial charge in [-0.2, -0.15) is 0 Å². The third-order valence-corrected chi connectivity index (χ3v) is 3.03. The first-order valence-corrected chi connectivity index (χ1v) is 6.63. The quantitative estimate of drug-likeness (QED) is 0.492. The highest BCUT2D eigenvalue weighted by atomic mass is 16.5. The lowest BCUT2D eigenvalue weighted by Crippen LogP contribution is -2.43. The van der Waals surface area contributed by atoms with Gasteiger partial charge >= 0.3 is 12.0 Å². The number of carbonyl (C=O) groups excluding carboxylic acids is 1. The third kappa shape index (κ3) is 6.97. The van der Waals surface area contributed by atoms with Crippen LogP contribution in [0.2, 0.25) is 0 Å². The van der Waals surface area contributed by atoms with Crippen molar-refractivity contribution in [3.05, 3.63) is 0 Å². The van der Waals surface area contributed by atoms with Gasteiger partial charge in [-0.1, -0.05) is 19.3 Å². The molecule has 1 fully saturated rings. The van der Waals surface area contributed by atoms with Crippen molar-refractivity contribution >= 4 is 12.0 Å². The van der Waals surface area contributed by atoms with Gasteiger partial charge in [-0.25, -0.2) is 9.59 Å². The molecular weight excluding hydrogens is 252 g/mol. The van der Waals surface area contributed by atoms with Crippen LogP contribution >= 0.6 is 0 Å². The highest BCUT2D eigenvalue weighted by Crippen LogP contribution is 2.19. The summed E-state index contributed by atoms with van der Waals surface area (Å²) in [6.07, 6.45) is 4.55. The molecule has 0 heterocycles. The second kappa shape index (κ2) is 8.71. The van der Waals surface area contributed by atoms with Crippen LogP contribution in [0.3, 0.4) is 0 Å². The van der Waals surface area contributed by atoms with E-state index in [-0.39, 0.29) is 6.54 Å². The van der Waals surface area contributed by atoms with Crippen molar-refractivity contribution in [2.75, 3.05) is 19.7 Å². The van der Waals surface area contributed by atoms with E-state index >= 15 is 0 Å². The summed E-state index contributed by atoms with van der Waals surface area (Å²) in [6.45, 7) is 0.496. The maximum atomic E-state index is 11.2. The highest BCUT2D eigenvalue weighted by Gasteiger charge is 2.15. The number of aliphatic hydroxyl groups excluding tert-OH is 1. The summed E-state index contributed by atoms with van der Waals surface area (Å²) in [5.74, 6) is -1.36. The summed E-state index contributed by atoms with van der Waals surface area (Å²) in [5, 5.41) is 22.2. The smallest absolute Gasteiger partial charge is 0.334 e. The molecule has 0 bridgehead atoms. The Balaban J connectivity index is 1.99. The summed E-state index contributed by atoms with van der Waals surface area (Å²) >= 11 is 0. The van der Waals surface area contributed by atoms with E-state index in [2.05, 4.69) is 10.6 Å². The summed E-state index contributed by atoms with van der Waals surface area (Å²) in [4.78, 5) is 21.5. The minimum absolute atomic E-state index is 0.299. The third-order valence-electron chi connectivity index (χ3n) is 3.03. The number of ether oxygens (including phenoxy) is 1. The molecule has 2 amide bonds. The first kappa shape index (κ1) is 15.7. The van der Waals surface area contributed by atoms with Crippen LogP contribution in [0, 0.1) is 0 Å². The fourth-order valence-corrected chi connectivity index (χ4v) is 1.96. The Morgan fingerprint density at radius 3 is 2.53 bits per heavy atom. The van der Waals surface area contributed by atoms with Crippen LogP contribution in [-0.4, -0.2) is 54.1 Å². The van der Waals surface area contributed by atoms with Crippen LogP contribution in [0.25, 0.3) is 0 Å². The van der Waals surface area contributed by atoms with E-state index in [1.54, 1.807) is 0 Å². The zero-order valence-corrected chi connectivity index (χ0v) is 10.9. The van der Waals surface area contributed by atoms with Gasteiger partial charge in [-0.3, -0.25) is 0 Å². The number of carboxylic acid groups (broad SMARTS) is 1. The number of urea groups is 1. The second-order valence-electron chi connectivity index (χ2n) is 4.62. The number of aliphatic carboxylic acids is 1. The number of carbonyl (C=O) groups is 2. The SMILES string of the molecule is O=C(NCCOC1CCCCC1)NCC(O)C(=O)O. The van der Waals surface area contributed by atoms with Gasteiger partial charge in [0.2, 0.25) is 0 Å². The minimum atomic E-state index is -1.58. The molecule has 19 heavy (non-hydrogen) atoms. The molecule has 1 atom stereocenters. The largest absolute Gasteiger partial charge is 0.479 e. The number of nitrogens with one attached hydrogen (secondary N) is 2. The first-order chi connectivity index (χ1) is 9.09. The van der Waals surface area contributed by atoms with Crippen LogP contribution in [0.5, 0.6) is 0 Å². The second-order valence-corrected chi connectivity index (χ2v) is 4.62. The maximum absolute atomic E-state index is 11.2. The molecule has 7 heteroatoms. The van der Waals surface area contributed by atoms with Crippen LogP contribution in [-0.2, 0) is 9.53 Å². The van der Waals surface area contributed by atoms with Crippen LogP contribution < -0.4 is 10.6 Å². The molecule has 1 saturated carbocycles. The average Bonchev–Trinajstić information content (AvgIpc) is 2.42. The Bertz CT molecular complexity index is 292. The predicted molar refractivity (Wildman–Crippen MR) is 67.9 cm³/mol. The molecule has 0 radical (unpaired) electrons. The zero-order chi connectivity index (χ0) is 14.1. The van der Waals surface area contributed by atoms with E-state index in [9.17, 15) is 9.59 Å². The van der Waals surface area contributed by atoms with E-state index in [4.69, 9.17) is 14.9 Å². The van der Waals surface area contributed by atoms with Crippen molar-refractivity contribution in [2.24, 2.45) is 0 Å². The normalized spacial score (nSPS) is 17.7. The van der Waals surface area contributed by atoms with Gasteiger partial charge in [0.15, 0.2) is 6.10 Å². The van der Waals surface area contributed by atoms with Gasteiger partial charge < -0.3 is 25.6 Å². The van der Waals surface area contributed by atoms with Crippen molar-refractivity contribution in [3.63, 3.8) is 0 Å².